The number of hydrogen-bond donors (Lipinski definition) is 2. The molecule has 1 aromatic rings. The molecule has 4 nitrogen and oxygen atoms in total. The van der Waals surface area contributed by atoms with Gasteiger partial charge in [0.2, 0.25) is 5.91 Å². The van der Waals surface area contributed by atoms with Gasteiger partial charge in [0, 0.05) is 12.0 Å². The van der Waals surface area contributed by atoms with Gasteiger partial charge in [0.1, 0.15) is 5.75 Å². The summed E-state index contributed by atoms with van der Waals surface area (Å²) in [7, 11) is 1.76. The summed E-state index contributed by atoms with van der Waals surface area (Å²) in [4.78, 5) is 11.5. The molecule has 0 spiro atoms. The Morgan fingerprint density at radius 3 is 3.00 bits per heavy atom. The molecule has 1 aliphatic rings. The molecule has 1 unspecified atom stereocenters. The van der Waals surface area contributed by atoms with E-state index in [0.29, 0.717) is 13.2 Å². The lowest BCUT2D eigenvalue weighted by Gasteiger charge is -2.26. The van der Waals surface area contributed by atoms with E-state index in [0.717, 1.165) is 17.7 Å². The predicted molar refractivity (Wildman–Crippen MR) is 68.6 cm³/mol. The second-order valence-corrected chi connectivity index (χ2v) is 3.83. The molecule has 1 aliphatic heterocycles. The van der Waals surface area contributed by atoms with Crippen LogP contribution in [0.25, 0.3) is 0 Å². The number of amides is 1. The fraction of sp³-hybridized carbons (Fsp3) is 0.417. The van der Waals surface area contributed by atoms with E-state index in [1.54, 1.807) is 7.05 Å². The van der Waals surface area contributed by atoms with Gasteiger partial charge in [-0.25, -0.2) is 0 Å². The summed E-state index contributed by atoms with van der Waals surface area (Å²) in [6.07, 6.45) is 0.826. The fourth-order valence-corrected chi connectivity index (χ4v) is 1.90. The average molecular weight is 257 g/mol. The van der Waals surface area contributed by atoms with Gasteiger partial charge in [-0.2, -0.15) is 0 Å². The Bertz CT molecular complexity index is 385. The van der Waals surface area contributed by atoms with Crippen molar-refractivity contribution in [2.75, 3.05) is 20.2 Å². The highest BCUT2D eigenvalue weighted by molar-refractivity contribution is 5.85. The van der Waals surface area contributed by atoms with E-state index in [-0.39, 0.29) is 24.4 Å². The van der Waals surface area contributed by atoms with Crippen molar-refractivity contribution in [2.45, 2.75) is 12.5 Å². The first-order valence-electron chi connectivity index (χ1n) is 5.47. The van der Waals surface area contributed by atoms with Gasteiger partial charge in [-0.05, 0) is 13.1 Å². The maximum absolute atomic E-state index is 11.5. The fourth-order valence-electron chi connectivity index (χ4n) is 1.90. The van der Waals surface area contributed by atoms with Crippen LogP contribution in [0.2, 0.25) is 0 Å². The van der Waals surface area contributed by atoms with E-state index in [1.807, 2.05) is 24.3 Å². The zero-order valence-electron chi connectivity index (χ0n) is 9.73. The summed E-state index contributed by atoms with van der Waals surface area (Å²) in [6.45, 7) is 1.00. The minimum atomic E-state index is 0. The van der Waals surface area contributed by atoms with E-state index in [2.05, 4.69) is 10.6 Å². The van der Waals surface area contributed by atoms with Crippen LogP contribution in [-0.2, 0) is 4.79 Å². The molecule has 1 amide bonds. The van der Waals surface area contributed by atoms with Crippen LogP contribution in [0.4, 0.5) is 0 Å². The lowest BCUT2D eigenvalue weighted by Crippen LogP contribution is -2.37. The quantitative estimate of drug-likeness (QED) is 0.856. The van der Waals surface area contributed by atoms with Gasteiger partial charge in [0.15, 0.2) is 0 Å². The van der Waals surface area contributed by atoms with E-state index in [4.69, 9.17) is 4.74 Å². The van der Waals surface area contributed by atoms with Crippen molar-refractivity contribution in [1.82, 2.24) is 10.6 Å². The molecule has 1 heterocycles. The molecule has 1 atom stereocenters. The number of likely N-dealkylation sites (N-methyl/N-ethyl adjacent to an activating group) is 1. The number of nitrogens with one attached hydrogen (secondary N) is 2. The SMILES string of the molecule is CNCC(=O)NC1CCOc2ccccc21.Cl. The van der Waals surface area contributed by atoms with Gasteiger partial charge in [0.05, 0.1) is 19.2 Å². The standard InChI is InChI=1S/C12H16N2O2.ClH/c1-13-8-12(15)14-10-6-7-16-11-5-3-2-4-9(10)11;/h2-5,10,13H,6-8H2,1H3,(H,14,15);1H. The highest BCUT2D eigenvalue weighted by Crippen LogP contribution is 2.31. The van der Waals surface area contributed by atoms with E-state index >= 15 is 0 Å². The number of carbonyl (C=O) groups is 1. The van der Waals surface area contributed by atoms with E-state index < -0.39 is 0 Å². The van der Waals surface area contributed by atoms with E-state index in [1.165, 1.54) is 0 Å². The molecule has 94 valence electrons. The van der Waals surface area contributed by atoms with Crippen LogP contribution in [-0.4, -0.2) is 26.1 Å². The Kier molecular flexibility index (Phi) is 5.25. The number of halogens is 1. The van der Waals surface area contributed by atoms with Crippen LogP contribution in [0.3, 0.4) is 0 Å². The Morgan fingerprint density at radius 1 is 1.47 bits per heavy atom. The first-order chi connectivity index (χ1) is 7.81. The molecule has 0 bridgehead atoms. The third-order valence-electron chi connectivity index (χ3n) is 2.63. The Balaban J connectivity index is 0.00000144. The monoisotopic (exact) mass is 256 g/mol. The molecule has 17 heavy (non-hydrogen) atoms. The smallest absolute Gasteiger partial charge is 0.234 e. The van der Waals surface area contributed by atoms with Crippen molar-refractivity contribution < 1.29 is 9.53 Å². The Hall–Kier alpha value is -1.26. The average Bonchev–Trinajstić information content (AvgIpc) is 2.30. The lowest BCUT2D eigenvalue weighted by atomic mass is 10.0. The zero-order chi connectivity index (χ0) is 11.4. The Morgan fingerprint density at radius 2 is 2.24 bits per heavy atom. The number of hydrogen-bond acceptors (Lipinski definition) is 3. The predicted octanol–water partition coefficient (Wildman–Crippen LogP) is 1.27. The molecule has 0 radical (unpaired) electrons. The van der Waals surface area contributed by atoms with Crippen LogP contribution in [0.15, 0.2) is 24.3 Å². The molecule has 5 heteroatoms. The maximum Gasteiger partial charge on any atom is 0.234 e. The molecule has 2 rings (SSSR count). The molecule has 0 saturated heterocycles. The minimum Gasteiger partial charge on any atom is -0.493 e. The topological polar surface area (TPSA) is 50.4 Å². The van der Waals surface area contributed by atoms with Crippen molar-refractivity contribution in [1.29, 1.82) is 0 Å². The van der Waals surface area contributed by atoms with Crippen LogP contribution in [0.5, 0.6) is 5.75 Å². The molecule has 0 aromatic heterocycles. The first-order valence-corrected chi connectivity index (χ1v) is 5.47. The number of ether oxygens (including phenoxy) is 1. The van der Waals surface area contributed by atoms with Gasteiger partial charge >= 0.3 is 0 Å². The summed E-state index contributed by atoms with van der Waals surface area (Å²) >= 11 is 0. The highest BCUT2D eigenvalue weighted by atomic mass is 35.5. The second kappa shape index (κ2) is 6.47. The summed E-state index contributed by atoms with van der Waals surface area (Å²) in [5.41, 5.74) is 1.07. The summed E-state index contributed by atoms with van der Waals surface area (Å²) in [5.74, 6) is 0.896. The molecule has 2 N–H and O–H groups in total. The molecule has 0 fully saturated rings. The molecule has 0 aliphatic carbocycles. The van der Waals surface area contributed by atoms with Crippen LogP contribution >= 0.6 is 12.4 Å². The van der Waals surface area contributed by atoms with Gasteiger partial charge in [-0.15, -0.1) is 12.4 Å². The molecule has 1 aromatic carbocycles. The van der Waals surface area contributed by atoms with Crippen molar-refractivity contribution >= 4 is 18.3 Å². The second-order valence-electron chi connectivity index (χ2n) is 3.83. The zero-order valence-corrected chi connectivity index (χ0v) is 10.5. The van der Waals surface area contributed by atoms with Gasteiger partial charge in [-0.1, -0.05) is 18.2 Å². The third kappa shape index (κ3) is 3.35. The third-order valence-corrected chi connectivity index (χ3v) is 2.63. The van der Waals surface area contributed by atoms with Crippen LogP contribution < -0.4 is 15.4 Å². The Labute approximate surface area is 107 Å². The normalized spacial score (nSPS) is 17.4. The summed E-state index contributed by atoms with van der Waals surface area (Å²) < 4.78 is 5.53. The highest BCUT2D eigenvalue weighted by Gasteiger charge is 2.21. The van der Waals surface area contributed by atoms with Gasteiger partial charge in [-0.3, -0.25) is 4.79 Å². The summed E-state index contributed by atoms with van der Waals surface area (Å²) in [5, 5.41) is 5.83. The van der Waals surface area contributed by atoms with Crippen molar-refractivity contribution in [3.05, 3.63) is 29.8 Å². The maximum atomic E-state index is 11.5. The van der Waals surface area contributed by atoms with Crippen molar-refractivity contribution in [3.8, 4) is 5.75 Å². The van der Waals surface area contributed by atoms with Gasteiger partial charge < -0.3 is 15.4 Å². The minimum absolute atomic E-state index is 0. The number of para-hydroxylation sites is 1. The van der Waals surface area contributed by atoms with Crippen LogP contribution in [0, 0.1) is 0 Å². The van der Waals surface area contributed by atoms with Crippen LogP contribution in [0.1, 0.15) is 18.0 Å². The van der Waals surface area contributed by atoms with Crippen molar-refractivity contribution in [2.24, 2.45) is 0 Å². The first kappa shape index (κ1) is 13.8. The lowest BCUT2D eigenvalue weighted by molar-refractivity contribution is -0.121. The molecular weight excluding hydrogens is 240 g/mol. The number of carbonyl (C=O) groups excluding carboxylic acids is 1. The van der Waals surface area contributed by atoms with E-state index in [9.17, 15) is 4.79 Å². The van der Waals surface area contributed by atoms with Gasteiger partial charge in [0.25, 0.3) is 0 Å². The summed E-state index contributed by atoms with van der Waals surface area (Å²) in [6, 6.07) is 7.91. The molecule has 0 saturated carbocycles. The number of fused-ring (bicyclic) bond motifs is 1. The molecular formula is C12H17ClN2O2. The van der Waals surface area contributed by atoms with Crippen molar-refractivity contribution in [3.63, 3.8) is 0 Å². The largest absolute Gasteiger partial charge is 0.493 e. The number of benzene rings is 1. The number of rotatable bonds is 3.